The van der Waals surface area contributed by atoms with Crippen LogP contribution in [0.3, 0.4) is 0 Å². The molecule has 1 aliphatic carbocycles. The summed E-state index contributed by atoms with van der Waals surface area (Å²) in [6.45, 7) is 5.61. The molecule has 2 aliphatic rings. The van der Waals surface area contributed by atoms with Crippen LogP contribution < -0.4 is 10.6 Å². The molecule has 5 heteroatoms. The van der Waals surface area contributed by atoms with Crippen molar-refractivity contribution in [2.45, 2.75) is 83.7 Å². The number of nitrogens with one attached hydrogen (secondary N) is 2. The molecule has 0 bridgehead atoms. The standard InChI is InChI=1S/C18H33N3O2/c1-3-14(4-2)17(22)19-16-10-12-21(13-11-16)18(23)20-15-8-6-5-7-9-15/h14-16H,3-13H2,1-2H3,(H,19,22)(H,20,23). The van der Waals surface area contributed by atoms with Gasteiger partial charge in [0, 0.05) is 31.1 Å². The molecule has 2 fully saturated rings. The fourth-order valence-electron chi connectivity index (χ4n) is 3.72. The van der Waals surface area contributed by atoms with Gasteiger partial charge in [0.05, 0.1) is 0 Å². The first kappa shape index (κ1) is 18.1. The van der Waals surface area contributed by atoms with Crippen molar-refractivity contribution in [3.05, 3.63) is 0 Å². The molecule has 1 saturated carbocycles. The van der Waals surface area contributed by atoms with Crippen LogP contribution in [0.1, 0.15) is 71.6 Å². The lowest BCUT2D eigenvalue weighted by molar-refractivity contribution is -0.126. The second-order valence-corrected chi connectivity index (χ2v) is 7.07. The van der Waals surface area contributed by atoms with Crippen LogP contribution in [-0.4, -0.2) is 42.0 Å². The van der Waals surface area contributed by atoms with Gasteiger partial charge in [-0.05, 0) is 38.5 Å². The zero-order chi connectivity index (χ0) is 16.7. The molecule has 2 rings (SSSR count). The fraction of sp³-hybridized carbons (Fsp3) is 0.889. The minimum absolute atomic E-state index is 0.0849. The van der Waals surface area contributed by atoms with Crippen LogP contribution >= 0.6 is 0 Å². The minimum Gasteiger partial charge on any atom is -0.353 e. The second-order valence-electron chi connectivity index (χ2n) is 7.07. The largest absolute Gasteiger partial charge is 0.353 e. The number of amides is 3. The summed E-state index contributed by atoms with van der Waals surface area (Å²) in [7, 11) is 0. The Morgan fingerprint density at radius 2 is 1.48 bits per heavy atom. The van der Waals surface area contributed by atoms with Gasteiger partial charge in [-0.2, -0.15) is 0 Å². The highest BCUT2D eigenvalue weighted by Gasteiger charge is 2.26. The maximum Gasteiger partial charge on any atom is 0.317 e. The van der Waals surface area contributed by atoms with Gasteiger partial charge in [0.15, 0.2) is 0 Å². The summed E-state index contributed by atoms with van der Waals surface area (Å²) in [4.78, 5) is 26.4. The fourth-order valence-corrected chi connectivity index (χ4v) is 3.72. The molecule has 0 spiro atoms. The van der Waals surface area contributed by atoms with E-state index in [4.69, 9.17) is 0 Å². The monoisotopic (exact) mass is 323 g/mol. The molecule has 3 amide bonds. The van der Waals surface area contributed by atoms with Gasteiger partial charge < -0.3 is 15.5 Å². The molecule has 0 unspecified atom stereocenters. The predicted molar refractivity (Wildman–Crippen MR) is 92.2 cm³/mol. The number of carbonyl (C=O) groups is 2. The average Bonchev–Trinajstić information content (AvgIpc) is 2.57. The summed E-state index contributed by atoms with van der Waals surface area (Å²) >= 11 is 0. The van der Waals surface area contributed by atoms with E-state index in [-0.39, 0.29) is 23.9 Å². The number of carbonyl (C=O) groups excluding carboxylic acids is 2. The Labute approximate surface area is 140 Å². The van der Waals surface area contributed by atoms with Gasteiger partial charge in [-0.3, -0.25) is 4.79 Å². The average molecular weight is 323 g/mol. The molecule has 0 aromatic heterocycles. The van der Waals surface area contributed by atoms with Crippen LogP contribution in [-0.2, 0) is 4.79 Å². The smallest absolute Gasteiger partial charge is 0.317 e. The summed E-state index contributed by atoms with van der Waals surface area (Å²) in [6, 6.07) is 0.673. The number of hydrogen-bond acceptors (Lipinski definition) is 2. The van der Waals surface area contributed by atoms with Gasteiger partial charge in [0.25, 0.3) is 0 Å². The van der Waals surface area contributed by atoms with Crippen LogP contribution in [0, 0.1) is 5.92 Å². The lowest BCUT2D eigenvalue weighted by Gasteiger charge is -2.34. The zero-order valence-corrected chi connectivity index (χ0v) is 14.8. The topological polar surface area (TPSA) is 61.4 Å². The Morgan fingerprint density at radius 3 is 2.04 bits per heavy atom. The van der Waals surface area contributed by atoms with E-state index in [2.05, 4.69) is 24.5 Å². The lowest BCUT2D eigenvalue weighted by Crippen LogP contribution is -2.52. The van der Waals surface area contributed by atoms with Crippen LogP contribution in [0.15, 0.2) is 0 Å². The van der Waals surface area contributed by atoms with Gasteiger partial charge in [-0.1, -0.05) is 33.1 Å². The van der Waals surface area contributed by atoms with Crippen LogP contribution in [0.2, 0.25) is 0 Å². The molecule has 1 heterocycles. The number of hydrogen-bond donors (Lipinski definition) is 2. The van der Waals surface area contributed by atoms with Crippen LogP contribution in [0.5, 0.6) is 0 Å². The van der Waals surface area contributed by atoms with Crippen molar-refractivity contribution in [1.82, 2.24) is 15.5 Å². The molecule has 132 valence electrons. The SMILES string of the molecule is CCC(CC)C(=O)NC1CCN(C(=O)NC2CCCCC2)CC1. The van der Waals surface area contributed by atoms with Gasteiger partial charge in [-0.15, -0.1) is 0 Å². The van der Waals surface area contributed by atoms with Crippen molar-refractivity contribution in [3.63, 3.8) is 0 Å². The maximum absolute atomic E-state index is 12.3. The molecule has 1 saturated heterocycles. The van der Waals surface area contributed by atoms with E-state index >= 15 is 0 Å². The highest BCUT2D eigenvalue weighted by Crippen LogP contribution is 2.18. The molecule has 23 heavy (non-hydrogen) atoms. The third kappa shape index (κ3) is 5.40. The molecular formula is C18H33N3O2. The van der Waals surface area contributed by atoms with E-state index in [1.807, 2.05) is 4.90 Å². The van der Waals surface area contributed by atoms with Crippen LogP contribution in [0.25, 0.3) is 0 Å². The van der Waals surface area contributed by atoms with E-state index < -0.39 is 0 Å². The van der Waals surface area contributed by atoms with Crippen molar-refractivity contribution in [3.8, 4) is 0 Å². The molecule has 0 aromatic rings. The lowest BCUT2D eigenvalue weighted by atomic mass is 9.95. The normalized spacial score (nSPS) is 20.6. The molecule has 5 nitrogen and oxygen atoms in total. The van der Waals surface area contributed by atoms with Crippen molar-refractivity contribution in [2.75, 3.05) is 13.1 Å². The Hall–Kier alpha value is -1.26. The van der Waals surface area contributed by atoms with E-state index in [1.54, 1.807) is 0 Å². The number of nitrogens with zero attached hydrogens (tertiary/aromatic N) is 1. The summed E-state index contributed by atoms with van der Waals surface area (Å²) in [5.74, 6) is 0.308. The van der Waals surface area contributed by atoms with Gasteiger partial charge in [0.1, 0.15) is 0 Å². The molecule has 0 aromatic carbocycles. The van der Waals surface area contributed by atoms with E-state index in [1.165, 1.54) is 19.3 Å². The first-order chi connectivity index (χ1) is 11.1. The number of rotatable bonds is 5. The van der Waals surface area contributed by atoms with Gasteiger partial charge in [-0.25, -0.2) is 4.79 Å². The van der Waals surface area contributed by atoms with Gasteiger partial charge >= 0.3 is 6.03 Å². The third-order valence-corrected chi connectivity index (χ3v) is 5.42. The van der Waals surface area contributed by atoms with E-state index in [9.17, 15) is 9.59 Å². The quantitative estimate of drug-likeness (QED) is 0.817. The molecule has 2 N–H and O–H groups in total. The Kier molecular flexibility index (Phi) is 7.18. The zero-order valence-electron chi connectivity index (χ0n) is 14.8. The van der Waals surface area contributed by atoms with E-state index in [0.29, 0.717) is 6.04 Å². The minimum atomic E-state index is 0.0849. The van der Waals surface area contributed by atoms with E-state index in [0.717, 1.165) is 51.6 Å². The molecular weight excluding hydrogens is 290 g/mol. The second kappa shape index (κ2) is 9.14. The Morgan fingerprint density at radius 1 is 0.913 bits per heavy atom. The molecule has 0 atom stereocenters. The Balaban J connectivity index is 1.70. The summed E-state index contributed by atoms with van der Waals surface area (Å²) in [5.41, 5.74) is 0. The van der Waals surface area contributed by atoms with Gasteiger partial charge in [0.2, 0.25) is 5.91 Å². The van der Waals surface area contributed by atoms with Crippen LogP contribution in [0.4, 0.5) is 4.79 Å². The summed E-state index contributed by atoms with van der Waals surface area (Å²) < 4.78 is 0. The number of piperidine rings is 1. The summed E-state index contributed by atoms with van der Waals surface area (Å²) in [6.07, 6.45) is 9.52. The van der Waals surface area contributed by atoms with Crippen molar-refractivity contribution >= 4 is 11.9 Å². The molecule has 0 radical (unpaired) electrons. The first-order valence-electron chi connectivity index (χ1n) is 9.49. The first-order valence-corrected chi connectivity index (χ1v) is 9.49. The van der Waals surface area contributed by atoms with Crippen molar-refractivity contribution in [1.29, 1.82) is 0 Å². The maximum atomic E-state index is 12.3. The van der Waals surface area contributed by atoms with Crippen molar-refractivity contribution in [2.24, 2.45) is 5.92 Å². The number of likely N-dealkylation sites (tertiary alicyclic amines) is 1. The number of urea groups is 1. The third-order valence-electron chi connectivity index (χ3n) is 5.42. The van der Waals surface area contributed by atoms with Crippen molar-refractivity contribution < 1.29 is 9.59 Å². The highest BCUT2D eigenvalue weighted by atomic mass is 16.2. The highest BCUT2D eigenvalue weighted by molar-refractivity contribution is 5.79. The summed E-state index contributed by atoms with van der Waals surface area (Å²) in [5, 5.41) is 6.34. The molecule has 1 aliphatic heterocycles. The Bertz CT molecular complexity index is 382. The predicted octanol–water partition coefficient (Wildman–Crippen LogP) is 3.05.